The van der Waals surface area contributed by atoms with E-state index in [0.29, 0.717) is 35.1 Å². The fourth-order valence-corrected chi connectivity index (χ4v) is 3.96. The van der Waals surface area contributed by atoms with Crippen molar-refractivity contribution >= 4 is 29.2 Å². The highest BCUT2D eigenvalue weighted by atomic mass is 16.2. The van der Waals surface area contributed by atoms with E-state index in [0.717, 1.165) is 17.6 Å². The second-order valence-electron chi connectivity index (χ2n) is 8.82. The number of hydrogen-bond donors (Lipinski definition) is 3. The number of aryl methyl sites for hydroxylation is 1. The lowest BCUT2D eigenvalue weighted by Crippen LogP contribution is -2.26. The van der Waals surface area contributed by atoms with E-state index in [4.69, 9.17) is 0 Å². The Labute approximate surface area is 195 Å². The first-order valence-electron chi connectivity index (χ1n) is 11.4. The Hall–Kier alpha value is -3.48. The molecular formula is C26H32N4O3. The third kappa shape index (κ3) is 7.27. The molecule has 0 saturated heterocycles. The summed E-state index contributed by atoms with van der Waals surface area (Å²) in [6.07, 6.45) is 9.05. The van der Waals surface area contributed by atoms with Crippen LogP contribution in [0.4, 0.5) is 11.5 Å². The number of aromatic nitrogens is 1. The van der Waals surface area contributed by atoms with Crippen LogP contribution in [-0.2, 0) is 4.79 Å². The Balaban J connectivity index is 1.59. The summed E-state index contributed by atoms with van der Waals surface area (Å²) in [4.78, 5) is 41.4. The molecular weight excluding hydrogens is 416 g/mol. The lowest BCUT2D eigenvalue weighted by atomic mass is 10.0. The summed E-state index contributed by atoms with van der Waals surface area (Å²) in [6, 6.07) is 8.42. The van der Waals surface area contributed by atoms with E-state index in [1.54, 1.807) is 30.3 Å². The molecule has 1 saturated carbocycles. The first kappa shape index (κ1) is 24.2. The van der Waals surface area contributed by atoms with Crippen molar-refractivity contribution in [2.45, 2.75) is 52.9 Å². The third-order valence-corrected chi connectivity index (χ3v) is 5.75. The fourth-order valence-electron chi connectivity index (χ4n) is 3.96. The van der Waals surface area contributed by atoms with Gasteiger partial charge in [0.1, 0.15) is 5.82 Å². The van der Waals surface area contributed by atoms with Crippen molar-refractivity contribution in [2.75, 3.05) is 17.2 Å². The van der Waals surface area contributed by atoms with E-state index in [1.165, 1.54) is 38.0 Å². The summed E-state index contributed by atoms with van der Waals surface area (Å²) in [7, 11) is 0. The van der Waals surface area contributed by atoms with Gasteiger partial charge in [0.15, 0.2) is 0 Å². The molecule has 1 aliphatic carbocycles. The van der Waals surface area contributed by atoms with Gasteiger partial charge in [-0.15, -0.1) is 0 Å². The topological polar surface area (TPSA) is 100 Å². The summed E-state index contributed by atoms with van der Waals surface area (Å²) < 4.78 is 0. The number of nitrogens with one attached hydrogen (secondary N) is 3. The summed E-state index contributed by atoms with van der Waals surface area (Å²) in [5, 5.41) is 8.44. The fraction of sp³-hybridized carbons (Fsp3) is 0.385. The molecule has 174 valence electrons. The molecule has 3 N–H and O–H groups in total. The number of carbonyl (C=O) groups is 3. The molecule has 0 aliphatic heterocycles. The van der Waals surface area contributed by atoms with Gasteiger partial charge < -0.3 is 16.0 Å². The number of carbonyl (C=O) groups excluding carboxylic acids is 3. The summed E-state index contributed by atoms with van der Waals surface area (Å²) in [5.41, 5.74) is 3.04. The van der Waals surface area contributed by atoms with Gasteiger partial charge in [-0.1, -0.05) is 37.3 Å². The molecule has 0 radical (unpaired) electrons. The molecule has 1 heterocycles. The molecule has 7 heteroatoms. The number of hydrogen-bond acceptors (Lipinski definition) is 4. The Morgan fingerprint density at radius 2 is 1.79 bits per heavy atom. The highest BCUT2D eigenvalue weighted by Gasteiger charge is 2.16. The Morgan fingerprint density at radius 3 is 2.45 bits per heavy atom. The average molecular weight is 449 g/mol. The van der Waals surface area contributed by atoms with Gasteiger partial charge >= 0.3 is 0 Å². The van der Waals surface area contributed by atoms with Gasteiger partial charge in [0.05, 0.1) is 11.9 Å². The highest BCUT2D eigenvalue weighted by molar-refractivity contribution is 6.07. The number of allylic oxidation sites excluding steroid dienone is 1. The Kier molecular flexibility index (Phi) is 8.35. The van der Waals surface area contributed by atoms with E-state index in [2.05, 4.69) is 20.9 Å². The van der Waals surface area contributed by atoms with E-state index in [1.807, 2.05) is 20.8 Å². The minimum atomic E-state index is -0.323. The van der Waals surface area contributed by atoms with Crippen LogP contribution in [0.5, 0.6) is 0 Å². The molecule has 2 aromatic rings. The lowest BCUT2D eigenvalue weighted by Gasteiger charge is -2.12. The van der Waals surface area contributed by atoms with Crippen molar-refractivity contribution in [3.8, 4) is 0 Å². The van der Waals surface area contributed by atoms with Crippen LogP contribution in [0.3, 0.4) is 0 Å². The van der Waals surface area contributed by atoms with Crippen LogP contribution in [0.15, 0.2) is 48.2 Å². The van der Waals surface area contributed by atoms with E-state index in [-0.39, 0.29) is 17.7 Å². The second kappa shape index (κ2) is 11.4. The van der Waals surface area contributed by atoms with Crippen molar-refractivity contribution < 1.29 is 14.4 Å². The van der Waals surface area contributed by atoms with E-state index in [9.17, 15) is 14.4 Å². The molecule has 3 rings (SSSR count). The highest BCUT2D eigenvalue weighted by Crippen LogP contribution is 2.27. The molecule has 1 aliphatic rings. The Bertz CT molecular complexity index is 1030. The van der Waals surface area contributed by atoms with Crippen LogP contribution in [0.2, 0.25) is 0 Å². The molecule has 1 aromatic carbocycles. The van der Waals surface area contributed by atoms with Crippen molar-refractivity contribution in [1.29, 1.82) is 0 Å². The zero-order valence-electron chi connectivity index (χ0n) is 19.5. The first-order valence-corrected chi connectivity index (χ1v) is 11.4. The third-order valence-electron chi connectivity index (χ3n) is 5.75. The molecule has 1 fully saturated rings. The summed E-state index contributed by atoms with van der Waals surface area (Å²) >= 11 is 0. The van der Waals surface area contributed by atoms with E-state index < -0.39 is 0 Å². The van der Waals surface area contributed by atoms with Crippen LogP contribution >= 0.6 is 0 Å². The second-order valence-corrected chi connectivity index (χ2v) is 8.82. The number of nitrogens with zero attached hydrogens (tertiary/aromatic N) is 1. The smallest absolute Gasteiger partial charge is 0.255 e. The van der Waals surface area contributed by atoms with Gasteiger partial charge in [0.2, 0.25) is 5.91 Å². The van der Waals surface area contributed by atoms with Gasteiger partial charge in [-0.2, -0.15) is 0 Å². The van der Waals surface area contributed by atoms with Gasteiger partial charge in [-0.3, -0.25) is 14.4 Å². The maximum Gasteiger partial charge on any atom is 0.255 e. The van der Waals surface area contributed by atoms with Crippen molar-refractivity contribution in [3.63, 3.8) is 0 Å². The predicted octanol–water partition coefficient (Wildman–Crippen LogP) is 4.86. The molecule has 0 spiro atoms. The lowest BCUT2D eigenvalue weighted by molar-refractivity contribution is -0.112. The average Bonchev–Trinajstić information content (AvgIpc) is 3.28. The maximum atomic E-state index is 12.8. The van der Waals surface area contributed by atoms with Gasteiger partial charge in [0.25, 0.3) is 11.8 Å². The van der Waals surface area contributed by atoms with Crippen LogP contribution in [-0.4, -0.2) is 29.3 Å². The minimum absolute atomic E-state index is 0.167. The first-order chi connectivity index (χ1) is 15.8. The van der Waals surface area contributed by atoms with Crippen molar-refractivity contribution in [3.05, 3.63) is 64.9 Å². The molecule has 3 amide bonds. The molecule has 0 bridgehead atoms. The molecule has 7 nitrogen and oxygen atoms in total. The number of rotatable bonds is 8. The largest absolute Gasteiger partial charge is 0.352 e. The number of anilines is 2. The SMILES string of the molecule is CC(C)=CC(=O)Nc1ccc(NC(=O)c2cc(C(=O)NCCC3CCCC3)ccc2C)cn1. The molecule has 33 heavy (non-hydrogen) atoms. The summed E-state index contributed by atoms with van der Waals surface area (Å²) in [5.74, 6) is 0.359. The summed E-state index contributed by atoms with van der Waals surface area (Å²) in [6.45, 7) is 6.16. The number of amides is 3. The van der Waals surface area contributed by atoms with Crippen LogP contribution < -0.4 is 16.0 Å². The van der Waals surface area contributed by atoms with Gasteiger partial charge in [0, 0.05) is 23.7 Å². The quantitative estimate of drug-likeness (QED) is 0.502. The van der Waals surface area contributed by atoms with Crippen molar-refractivity contribution in [2.24, 2.45) is 5.92 Å². The number of benzene rings is 1. The zero-order chi connectivity index (χ0) is 23.8. The monoisotopic (exact) mass is 448 g/mol. The van der Waals surface area contributed by atoms with Gasteiger partial charge in [-0.05, 0) is 62.9 Å². The Morgan fingerprint density at radius 1 is 1.03 bits per heavy atom. The molecule has 0 atom stereocenters. The maximum absolute atomic E-state index is 12.8. The normalized spacial score (nSPS) is 13.3. The minimum Gasteiger partial charge on any atom is -0.352 e. The van der Waals surface area contributed by atoms with Crippen LogP contribution in [0, 0.1) is 12.8 Å². The molecule has 0 unspecified atom stereocenters. The van der Waals surface area contributed by atoms with E-state index >= 15 is 0 Å². The van der Waals surface area contributed by atoms with Crippen LogP contribution in [0.1, 0.15) is 72.2 Å². The number of pyridine rings is 1. The van der Waals surface area contributed by atoms with Crippen LogP contribution in [0.25, 0.3) is 0 Å². The van der Waals surface area contributed by atoms with Crippen molar-refractivity contribution in [1.82, 2.24) is 10.3 Å². The predicted molar refractivity (Wildman–Crippen MR) is 130 cm³/mol. The standard InChI is InChI=1S/C26H32N4O3/c1-17(2)14-24(31)30-23-11-10-21(16-28-23)29-26(33)22-15-20(9-8-18(22)3)25(32)27-13-12-19-6-4-5-7-19/h8-11,14-16,19H,4-7,12-13H2,1-3H3,(H,27,32)(H,29,33)(H,28,30,31). The zero-order valence-corrected chi connectivity index (χ0v) is 19.5. The van der Waals surface area contributed by atoms with Gasteiger partial charge in [-0.25, -0.2) is 4.98 Å². The molecule has 1 aromatic heterocycles.